The number of cyclic esters (lactones) is 1. The summed E-state index contributed by atoms with van der Waals surface area (Å²) in [6.45, 7) is 4.21. The fraction of sp³-hybridized carbons (Fsp3) is 0.636. The highest BCUT2D eigenvalue weighted by molar-refractivity contribution is 5.85. The number of ether oxygens (including phenoxy) is 2. The van der Waals surface area contributed by atoms with E-state index in [0.29, 0.717) is 5.75 Å². The quantitative estimate of drug-likeness (QED) is 0.397. The molecule has 0 saturated carbocycles. The van der Waals surface area contributed by atoms with E-state index < -0.39 is 6.23 Å². The number of benzene rings is 1. The highest BCUT2D eigenvalue weighted by Crippen LogP contribution is 2.24. The lowest BCUT2D eigenvalue weighted by molar-refractivity contribution is -0.147. The Morgan fingerprint density at radius 3 is 2.52 bits per heavy atom. The molecule has 1 aliphatic heterocycles. The second-order valence-corrected chi connectivity index (χ2v) is 7.39. The topological polar surface area (TPSA) is 55.8 Å². The molecule has 1 saturated heterocycles. The molecule has 1 heterocycles. The van der Waals surface area contributed by atoms with Crippen molar-refractivity contribution >= 4 is 11.9 Å². The van der Waals surface area contributed by atoms with Crippen LogP contribution in [0.1, 0.15) is 65.2 Å². The number of amides is 1. The third-order valence-corrected chi connectivity index (χ3v) is 5.03. The Kier molecular flexibility index (Phi) is 9.16. The van der Waals surface area contributed by atoms with E-state index >= 15 is 0 Å². The zero-order valence-corrected chi connectivity index (χ0v) is 16.7. The number of rotatable bonds is 12. The Balaban J connectivity index is 1.74. The molecule has 1 aliphatic rings. The Labute approximate surface area is 163 Å². The van der Waals surface area contributed by atoms with Crippen LogP contribution in [0.4, 0.5) is 0 Å². The molecule has 27 heavy (non-hydrogen) atoms. The first kappa shape index (κ1) is 21.3. The van der Waals surface area contributed by atoms with Crippen LogP contribution in [0, 0.1) is 5.92 Å². The van der Waals surface area contributed by atoms with Gasteiger partial charge in [-0.05, 0) is 18.6 Å². The van der Waals surface area contributed by atoms with Gasteiger partial charge in [-0.3, -0.25) is 14.5 Å². The van der Waals surface area contributed by atoms with Gasteiger partial charge in [-0.25, -0.2) is 0 Å². The van der Waals surface area contributed by atoms with Crippen LogP contribution in [0.25, 0.3) is 0 Å². The van der Waals surface area contributed by atoms with Crippen molar-refractivity contribution in [2.45, 2.75) is 71.4 Å². The minimum Gasteiger partial charge on any atom is -0.484 e. The van der Waals surface area contributed by atoms with Crippen LogP contribution in [0.15, 0.2) is 30.3 Å². The molecule has 1 aromatic carbocycles. The number of carbonyl (C=O) groups is 2. The summed E-state index contributed by atoms with van der Waals surface area (Å²) >= 11 is 0. The van der Waals surface area contributed by atoms with Crippen LogP contribution in [-0.2, 0) is 14.3 Å². The molecule has 1 fully saturated rings. The van der Waals surface area contributed by atoms with Gasteiger partial charge in [-0.15, -0.1) is 0 Å². The average molecular weight is 376 g/mol. The number of hydrogen-bond acceptors (Lipinski definition) is 4. The standard InChI is InChI=1S/C22H33NO4/c1-3-4-5-6-7-8-10-13-18(2)22-23(16-21(25)27-22)20(24)17-26-19-14-11-9-12-15-19/h9,11-12,14-15,18,22H,3-8,10,13,16-17H2,1-2H3. The largest absolute Gasteiger partial charge is 0.484 e. The zero-order chi connectivity index (χ0) is 19.5. The molecule has 0 radical (unpaired) electrons. The van der Waals surface area contributed by atoms with E-state index in [1.54, 1.807) is 12.1 Å². The van der Waals surface area contributed by atoms with E-state index in [1.165, 1.54) is 43.4 Å². The second kappa shape index (κ2) is 11.6. The van der Waals surface area contributed by atoms with Crippen LogP contribution < -0.4 is 4.74 Å². The summed E-state index contributed by atoms with van der Waals surface area (Å²) in [6.07, 6.45) is 9.23. The maximum Gasteiger partial charge on any atom is 0.327 e. The molecular weight excluding hydrogens is 342 g/mol. The summed E-state index contributed by atoms with van der Waals surface area (Å²) in [5.74, 6) is 0.235. The van der Waals surface area contributed by atoms with Crippen LogP contribution >= 0.6 is 0 Å². The van der Waals surface area contributed by atoms with Gasteiger partial charge in [0.2, 0.25) is 0 Å². The Hall–Kier alpha value is -2.04. The van der Waals surface area contributed by atoms with Crippen LogP contribution in [-0.4, -0.2) is 36.2 Å². The van der Waals surface area contributed by atoms with E-state index in [1.807, 2.05) is 18.2 Å². The second-order valence-electron chi connectivity index (χ2n) is 7.39. The van der Waals surface area contributed by atoms with Crippen molar-refractivity contribution < 1.29 is 19.1 Å². The summed E-state index contributed by atoms with van der Waals surface area (Å²) in [5, 5.41) is 0. The molecule has 1 aromatic rings. The van der Waals surface area contributed by atoms with Crippen LogP contribution in [0.2, 0.25) is 0 Å². The lowest BCUT2D eigenvalue weighted by atomic mass is 9.99. The van der Waals surface area contributed by atoms with Crippen molar-refractivity contribution in [3.05, 3.63) is 30.3 Å². The fourth-order valence-electron chi connectivity index (χ4n) is 3.43. The van der Waals surface area contributed by atoms with Gasteiger partial charge in [0.15, 0.2) is 12.8 Å². The molecule has 5 heteroatoms. The van der Waals surface area contributed by atoms with Gasteiger partial charge in [0.1, 0.15) is 12.3 Å². The lowest BCUT2D eigenvalue weighted by Gasteiger charge is -2.27. The molecule has 1 amide bonds. The van der Waals surface area contributed by atoms with E-state index in [0.717, 1.165) is 12.8 Å². The van der Waals surface area contributed by atoms with Gasteiger partial charge in [-0.2, -0.15) is 0 Å². The fourth-order valence-corrected chi connectivity index (χ4v) is 3.43. The molecule has 150 valence electrons. The van der Waals surface area contributed by atoms with E-state index in [2.05, 4.69) is 13.8 Å². The average Bonchev–Trinajstić information content (AvgIpc) is 3.08. The predicted molar refractivity (Wildman–Crippen MR) is 105 cm³/mol. The number of unbranched alkanes of at least 4 members (excludes halogenated alkanes) is 6. The van der Waals surface area contributed by atoms with E-state index in [9.17, 15) is 9.59 Å². The van der Waals surface area contributed by atoms with Crippen molar-refractivity contribution in [3.63, 3.8) is 0 Å². The van der Waals surface area contributed by atoms with Crippen molar-refractivity contribution in [1.82, 2.24) is 4.90 Å². The highest BCUT2D eigenvalue weighted by atomic mass is 16.6. The van der Waals surface area contributed by atoms with Crippen molar-refractivity contribution in [1.29, 1.82) is 0 Å². The molecule has 0 spiro atoms. The molecule has 0 N–H and O–H groups in total. The van der Waals surface area contributed by atoms with E-state index in [4.69, 9.17) is 9.47 Å². The Morgan fingerprint density at radius 1 is 1.15 bits per heavy atom. The summed E-state index contributed by atoms with van der Waals surface area (Å²) in [6, 6.07) is 9.22. The highest BCUT2D eigenvalue weighted by Gasteiger charge is 2.38. The monoisotopic (exact) mass is 375 g/mol. The first-order chi connectivity index (χ1) is 13.1. The SMILES string of the molecule is CCCCCCCCCC(C)C1OC(=O)CN1C(=O)COc1ccccc1. The van der Waals surface area contributed by atoms with Crippen molar-refractivity contribution in [3.8, 4) is 5.75 Å². The first-order valence-electron chi connectivity index (χ1n) is 10.3. The minimum atomic E-state index is -0.468. The first-order valence-corrected chi connectivity index (χ1v) is 10.3. The maximum atomic E-state index is 12.5. The number of hydrogen-bond donors (Lipinski definition) is 0. The predicted octanol–water partition coefficient (Wildman–Crippen LogP) is 4.55. The van der Waals surface area contributed by atoms with E-state index in [-0.39, 0.29) is 30.9 Å². The van der Waals surface area contributed by atoms with Crippen molar-refractivity contribution in [2.75, 3.05) is 13.2 Å². The number of carbonyl (C=O) groups excluding carboxylic acids is 2. The Bertz CT molecular complexity index is 575. The lowest BCUT2D eigenvalue weighted by Crippen LogP contribution is -2.42. The van der Waals surface area contributed by atoms with Gasteiger partial charge in [0, 0.05) is 5.92 Å². The minimum absolute atomic E-state index is 0.0169. The number of para-hydroxylation sites is 1. The number of nitrogens with zero attached hydrogens (tertiary/aromatic N) is 1. The zero-order valence-electron chi connectivity index (χ0n) is 16.7. The van der Waals surface area contributed by atoms with Crippen LogP contribution in [0.3, 0.4) is 0 Å². The molecule has 2 atom stereocenters. The molecular formula is C22H33NO4. The summed E-state index contributed by atoms with van der Waals surface area (Å²) in [5.41, 5.74) is 0. The maximum absolute atomic E-state index is 12.5. The molecule has 2 rings (SSSR count). The Morgan fingerprint density at radius 2 is 1.81 bits per heavy atom. The molecule has 0 bridgehead atoms. The summed E-state index contributed by atoms with van der Waals surface area (Å²) < 4.78 is 11.0. The third kappa shape index (κ3) is 7.24. The third-order valence-electron chi connectivity index (χ3n) is 5.03. The molecule has 5 nitrogen and oxygen atoms in total. The molecule has 2 unspecified atom stereocenters. The smallest absolute Gasteiger partial charge is 0.327 e. The van der Waals surface area contributed by atoms with Crippen LogP contribution in [0.5, 0.6) is 5.75 Å². The van der Waals surface area contributed by atoms with Gasteiger partial charge in [0.25, 0.3) is 5.91 Å². The van der Waals surface area contributed by atoms with Gasteiger partial charge >= 0.3 is 5.97 Å². The summed E-state index contributed by atoms with van der Waals surface area (Å²) in [7, 11) is 0. The van der Waals surface area contributed by atoms with Gasteiger partial charge in [0.05, 0.1) is 0 Å². The number of esters is 1. The van der Waals surface area contributed by atoms with Gasteiger partial charge in [-0.1, -0.05) is 77.0 Å². The normalized spacial score (nSPS) is 17.6. The van der Waals surface area contributed by atoms with Crippen molar-refractivity contribution in [2.24, 2.45) is 5.92 Å². The van der Waals surface area contributed by atoms with Gasteiger partial charge < -0.3 is 9.47 Å². The molecule has 0 aromatic heterocycles. The summed E-state index contributed by atoms with van der Waals surface area (Å²) in [4.78, 5) is 25.8. The molecule has 0 aliphatic carbocycles.